The summed E-state index contributed by atoms with van der Waals surface area (Å²) in [5.74, 6) is 2.29. The molecule has 2 unspecified atom stereocenters. The highest BCUT2D eigenvalue weighted by Gasteiger charge is 2.21. The van der Waals surface area contributed by atoms with Crippen LogP contribution in [0.4, 0.5) is 0 Å². The van der Waals surface area contributed by atoms with Crippen LogP contribution in [0.5, 0.6) is 11.5 Å². The summed E-state index contributed by atoms with van der Waals surface area (Å²) in [7, 11) is 1.57. The summed E-state index contributed by atoms with van der Waals surface area (Å²) in [4.78, 5) is 11.8. The maximum absolute atomic E-state index is 11.8. The van der Waals surface area contributed by atoms with Crippen LogP contribution in [0.25, 0.3) is 0 Å². The minimum atomic E-state index is -0.0333. The molecule has 1 aromatic rings. The van der Waals surface area contributed by atoms with Crippen molar-refractivity contribution in [2.45, 2.75) is 26.7 Å². The van der Waals surface area contributed by atoms with Gasteiger partial charge in [-0.2, -0.15) is 0 Å². The Labute approximate surface area is 120 Å². The summed E-state index contributed by atoms with van der Waals surface area (Å²) in [6.45, 7) is 4.42. The average Bonchev–Trinajstić information content (AvgIpc) is 2.45. The van der Waals surface area contributed by atoms with E-state index in [1.54, 1.807) is 13.2 Å². The highest BCUT2D eigenvalue weighted by atomic mass is 16.5. The third-order valence-corrected chi connectivity index (χ3v) is 3.93. The Bertz CT molecular complexity index is 505. The van der Waals surface area contributed by atoms with Crippen molar-refractivity contribution < 1.29 is 14.3 Å². The number of methoxy groups -OCH3 is 1. The van der Waals surface area contributed by atoms with E-state index >= 15 is 0 Å². The Hall–Kier alpha value is -1.77. The van der Waals surface area contributed by atoms with Crippen LogP contribution < -0.4 is 9.47 Å². The van der Waals surface area contributed by atoms with Gasteiger partial charge in [-0.25, -0.2) is 0 Å². The molecule has 0 N–H and O–H groups in total. The van der Waals surface area contributed by atoms with Gasteiger partial charge < -0.3 is 9.47 Å². The first kappa shape index (κ1) is 14.6. The summed E-state index contributed by atoms with van der Waals surface area (Å²) in [6.07, 6.45) is 6.59. The van der Waals surface area contributed by atoms with Gasteiger partial charge in [-0.1, -0.05) is 25.1 Å². The largest absolute Gasteiger partial charge is 0.496 e. The number of carbonyl (C=O) groups is 1. The second-order valence-electron chi connectivity index (χ2n) is 5.38. The van der Waals surface area contributed by atoms with Crippen LogP contribution in [0.2, 0.25) is 0 Å². The van der Waals surface area contributed by atoms with E-state index in [-0.39, 0.29) is 5.78 Å². The van der Waals surface area contributed by atoms with Gasteiger partial charge in [-0.15, -0.1) is 0 Å². The smallest absolute Gasteiger partial charge is 0.167 e. The lowest BCUT2D eigenvalue weighted by atomic mass is 9.85. The molecule has 2 rings (SSSR count). The standard InChI is InChI=1S/C17H22O3/c1-12-7-4-5-8-14(12)11-20-16-10-6-9-15(19-3)17(16)13(2)18/h4-6,9-10,12,14H,7-8,11H2,1-3H3. The highest BCUT2D eigenvalue weighted by molar-refractivity contribution is 5.99. The Balaban J connectivity index is 2.13. The van der Waals surface area contributed by atoms with Gasteiger partial charge in [-0.05, 0) is 43.7 Å². The molecule has 0 heterocycles. The van der Waals surface area contributed by atoms with Crippen molar-refractivity contribution in [2.75, 3.05) is 13.7 Å². The number of rotatable bonds is 5. The van der Waals surface area contributed by atoms with Crippen LogP contribution in [0.1, 0.15) is 37.0 Å². The average molecular weight is 274 g/mol. The predicted molar refractivity (Wildman–Crippen MR) is 79.5 cm³/mol. The molecule has 0 spiro atoms. The van der Waals surface area contributed by atoms with Gasteiger partial charge in [0.05, 0.1) is 13.7 Å². The van der Waals surface area contributed by atoms with E-state index in [0.717, 1.165) is 12.8 Å². The molecule has 0 amide bonds. The Morgan fingerprint density at radius 2 is 1.95 bits per heavy atom. The van der Waals surface area contributed by atoms with Crippen molar-refractivity contribution >= 4 is 5.78 Å². The molecule has 0 saturated heterocycles. The van der Waals surface area contributed by atoms with E-state index in [4.69, 9.17) is 9.47 Å². The van der Waals surface area contributed by atoms with Crippen LogP contribution in [0.15, 0.2) is 30.4 Å². The van der Waals surface area contributed by atoms with E-state index in [0.29, 0.717) is 35.5 Å². The number of ether oxygens (including phenoxy) is 2. The monoisotopic (exact) mass is 274 g/mol. The summed E-state index contributed by atoms with van der Waals surface area (Å²) in [5, 5.41) is 0. The topological polar surface area (TPSA) is 35.5 Å². The Morgan fingerprint density at radius 3 is 2.60 bits per heavy atom. The molecule has 20 heavy (non-hydrogen) atoms. The molecule has 0 fully saturated rings. The lowest BCUT2D eigenvalue weighted by Gasteiger charge is -2.25. The van der Waals surface area contributed by atoms with E-state index < -0.39 is 0 Å². The van der Waals surface area contributed by atoms with E-state index in [9.17, 15) is 4.79 Å². The molecule has 0 radical (unpaired) electrons. The van der Waals surface area contributed by atoms with Gasteiger partial charge in [0.15, 0.2) is 5.78 Å². The summed E-state index contributed by atoms with van der Waals surface area (Å²) >= 11 is 0. The number of hydrogen-bond donors (Lipinski definition) is 0. The van der Waals surface area contributed by atoms with E-state index in [2.05, 4.69) is 19.1 Å². The number of hydrogen-bond acceptors (Lipinski definition) is 3. The van der Waals surface area contributed by atoms with Crippen LogP contribution in [-0.2, 0) is 0 Å². The minimum absolute atomic E-state index is 0.0333. The van der Waals surface area contributed by atoms with Gasteiger partial charge in [0.1, 0.15) is 17.1 Å². The fraction of sp³-hybridized carbons (Fsp3) is 0.471. The summed E-state index contributed by atoms with van der Waals surface area (Å²) < 4.78 is 11.2. The van der Waals surface area contributed by atoms with Crippen molar-refractivity contribution in [3.8, 4) is 11.5 Å². The predicted octanol–water partition coefficient (Wildman–Crippen LogP) is 3.88. The maximum atomic E-state index is 11.8. The molecule has 108 valence electrons. The normalized spacial score (nSPS) is 21.6. The maximum Gasteiger partial charge on any atom is 0.167 e. The number of Topliss-reactive ketones (excluding diaryl/α,β-unsaturated/α-hetero) is 1. The quantitative estimate of drug-likeness (QED) is 0.604. The van der Waals surface area contributed by atoms with Crippen molar-refractivity contribution in [2.24, 2.45) is 11.8 Å². The van der Waals surface area contributed by atoms with Gasteiger partial charge >= 0.3 is 0 Å². The van der Waals surface area contributed by atoms with Gasteiger partial charge in [-0.3, -0.25) is 4.79 Å². The summed E-state index contributed by atoms with van der Waals surface area (Å²) in [5.41, 5.74) is 0.536. The molecule has 1 aliphatic carbocycles. The van der Waals surface area contributed by atoms with Crippen molar-refractivity contribution in [3.05, 3.63) is 35.9 Å². The third-order valence-electron chi connectivity index (χ3n) is 3.93. The number of benzene rings is 1. The zero-order chi connectivity index (χ0) is 14.5. The number of ketones is 1. The van der Waals surface area contributed by atoms with Crippen molar-refractivity contribution in [1.29, 1.82) is 0 Å². The van der Waals surface area contributed by atoms with Crippen molar-refractivity contribution in [1.82, 2.24) is 0 Å². The van der Waals surface area contributed by atoms with Crippen LogP contribution in [0, 0.1) is 11.8 Å². The highest BCUT2D eigenvalue weighted by Crippen LogP contribution is 2.31. The molecular weight excluding hydrogens is 252 g/mol. The second kappa shape index (κ2) is 6.60. The van der Waals surface area contributed by atoms with E-state index in [1.807, 2.05) is 12.1 Å². The Kier molecular flexibility index (Phi) is 4.83. The first-order valence-electron chi connectivity index (χ1n) is 7.09. The number of allylic oxidation sites excluding steroid dienone is 2. The van der Waals surface area contributed by atoms with Crippen LogP contribution >= 0.6 is 0 Å². The molecule has 1 aromatic carbocycles. The third kappa shape index (κ3) is 3.21. The number of carbonyl (C=O) groups excluding carboxylic acids is 1. The molecule has 3 heteroatoms. The molecule has 0 bridgehead atoms. The Morgan fingerprint density at radius 1 is 1.25 bits per heavy atom. The molecule has 0 aliphatic heterocycles. The molecule has 1 aliphatic rings. The molecule has 3 nitrogen and oxygen atoms in total. The molecule has 0 saturated carbocycles. The molecular formula is C17H22O3. The van der Waals surface area contributed by atoms with Gasteiger partial charge in [0, 0.05) is 0 Å². The first-order chi connectivity index (χ1) is 9.63. The molecule has 2 atom stereocenters. The van der Waals surface area contributed by atoms with Gasteiger partial charge in [0.25, 0.3) is 0 Å². The lowest BCUT2D eigenvalue weighted by molar-refractivity contribution is 0.100. The van der Waals surface area contributed by atoms with Crippen LogP contribution in [-0.4, -0.2) is 19.5 Å². The molecule has 0 aromatic heterocycles. The first-order valence-corrected chi connectivity index (χ1v) is 7.09. The van der Waals surface area contributed by atoms with Crippen molar-refractivity contribution in [3.63, 3.8) is 0 Å². The lowest BCUT2D eigenvalue weighted by Crippen LogP contribution is -2.21. The zero-order valence-electron chi connectivity index (χ0n) is 12.4. The fourth-order valence-corrected chi connectivity index (χ4v) is 2.58. The van der Waals surface area contributed by atoms with Gasteiger partial charge in [0.2, 0.25) is 0 Å². The van der Waals surface area contributed by atoms with Crippen LogP contribution in [0.3, 0.4) is 0 Å². The van der Waals surface area contributed by atoms with E-state index in [1.165, 1.54) is 6.92 Å². The minimum Gasteiger partial charge on any atom is -0.496 e. The zero-order valence-corrected chi connectivity index (χ0v) is 12.4. The summed E-state index contributed by atoms with van der Waals surface area (Å²) in [6, 6.07) is 5.48. The second-order valence-corrected chi connectivity index (χ2v) is 5.38. The SMILES string of the molecule is COc1cccc(OCC2CC=CCC2C)c1C(C)=O. The fourth-order valence-electron chi connectivity index (χ4n) is 2.58.